The maximum atomic E-state index is 11.3. The molecule has 2 amide bonds. The van der Waals surface area contributed by atoms with E-state index in [0.717, 1.165) is 37.9 Å². The normalized spacial score (nSPS) is 21.1. The molecule has 20 heavy (non-hydrogen) atoms. The first-order valence-corrected chi connectivity index (χ1v) is 6.85. The number of rotatable bonds is 3. The van der Waals surface area contributed by atoms with Crippen LogP contribution in [-0.4, -0.2) is 46.5 Å². The minimum Gasteiger partial charge on any atom is -0.382 e. The van der Waals surface area contributed by atoms with E-state index in [2.05, 4.69) is 15.5 Å². The number of carbonyl (C=O) groups is 2. The molecule has 0 aromatic carbocycles. The van der Waals surface area contributed by atoms with Crippen molar-refractivity contribution in [3.8, 4) is 0 Å². The standard InChI is InChI=1S/C9H14N2O2.C4H7N3/c12-6-11-4-3-8(5-11)10-9(13)7-1-2-7;1-3-2-4(5)7-6-3/h6-8H,1-5H2,(H,10,13);2H,1H3,(H3,5,6,7). The van der Waals surface area contributed by atoms with Gasteiger partial charge in [0.05, 0.1) is 0 Å². The Balaban J connectivity index is 0.000000178. The second-order valence-corrected chi connectivity index (χ2v) is 5.34. The Bertz CT molecular complexity index is 453. The van der Waals surface area contributed by atoms with E-state index in [4.69, 9.17) is 5.73 Å². The second-order valence-electron chi connectivity index (χ2n) is 5.34. The van der Waals surface area contributed by atoms with Crippen molar-refractivity contribution in [2.24, 2.45) is 5.92 Å². The second kappa shape index (κ2) is 6.40. The van der Waals surface area contributed by atoms with E-state index in [0.29, 0.717) is 12.4 Å². The average molecular weight is 279 g/mol. The summed E-state index contributed by atoms with van der Waals surface area (Å²) in [5.41, 5.74) is 6.23. The van der Waals surface area contributed by atoms with Crippen molar-refractivity contribution in [3.63, 3.8) is 0 Å². The van der Waals surface area contributed by atoms with Crippen molar-refractivity contribution >= 4 is 18.1 Å². The Morgan fingerprint density at radius 3 is 2.70 bits per heavy atom. The molecule has 2 heterocycles. The van der Waals surface area contributed by atoms with Crippen LogP contribution in [0.3, 0.4) is 0 Å². The number of nitrogen functional groups attached to an aromatic ring is 1. The van der Waals surface area contributed by atoms with E-state index in [1.54, 1.807) is 11.0 Å². The number of likely N-dealkylation sites (tertiary alicyclic amines) is 1. The summed E-state index contributed by atoms with van der Waals surface area (Å²) >= 11 is 0. The Kier molecular flexibility index (Phi) is 4.60. The molecule has 0 bridgehead atoms. The van der Waals surface area contributed by atoms with Crippen LogP contribution in [0.4, 0.5) is 5.82 Å². The highest BCUT2D eigenvalue weighted by atomic mass is 16.2. The molecule has 3 rings (SSSR count). The summed E-state index contributed by atoms with van der Waals surface area (Å²) in [6, 6.07) is 1.97. The van der Waals surface area contributed by atoms with Gasteiger partial charge in [0.2, 0.25) is 12.3 Å². The first-order valence-electron chi connectivity index (χ1n) is 6.85. The fourth-order valence-corrected chi connectivity index (χ4v) is 2.10. The van der Waals surface area contributed by atoms with Gasteiger partial charge in [0.1, 0.15) is 5.82 Å². The molecule has 1 aliphatic carbocycles. The summed E-state index contributed by atoms with van der Waals surface area (Å²) in [4.78, 5) is 23.4. The topological polar surface area (TPSA) is 104 Å². The molecule has 110 valence electrons. The van der Waals surface area contributed by atoms with E-state index in [1.165, 1.54) is 0 Å². The number of H-pyrrole nitrogens is 1. The molecule has 7 nitrogen and oxygen atoms in total. The predicted molar refractivity (Wildman–Crippen MR) is 74.6 cm³/mol. The quantitative estimate of drug-likeness (QED) is 0.680. The lowest BCUT2D eigenvalue weighted by Gasteiger charge is -2.12. The molecule has 1 aromatic heterocycles. The molecule has 0 spiro atoms. The van der Waals surface area contributed by atoms with Gasteiger partial charge in [0.15, 0.2) is 0 Å². The molecule has 2 aliphatic rings. The van der Waals surface area contributed by atoms with Crippen LogP contribution in [0.2, 0.25) is 0 Å². The molecular formula is C13H21N5O2. The fourth-order valence-electron chi connectivity index (χ4n) is 2.10. The van der Waals surface area contributed by atoms with Crippen LogP contribution < -0.4 is 11.1 Å². The minimum absolute atomic E-state index is 0.178. The van der Waals surface area contributed by atoms with Gasteiger partial charge in [-0.05, 0) is 26.2 Å². The fraction of sp³-hybridized carbons (Fsp3) is 0.615. The van der Waals surface area contributed by atoms with Crippen molar-refractivity contribution in [1.82, 2.24) is 20.4 Å². The highest BCUT2D eigenvalue weighted by Crippen LogP contribution is 2.29. The smallest absolute Gasteiger partial charge is 0.223 e. The van der Waals surface area contributed by atoms with Gasteiger partial charge in [-0.25, -0.2) is 0 Å². The minimum atomic E-state index is 0.178. The zero-order chi connectivity index (χ0) is 14.5. The predicted octanol–water partition coefficient (Wildman–Crippen LogP) is 0.0436. The van der Waals surface area contributed by atoms with Gasteiger partial charge in [-0.1, -0.05) is 0 Å². The highest BCUT2D eigenvalue weighted by Gasteiger charge is 2.32. The third kappa shape index (κ3) is 4.25. The number of hydrogen-bond donors (Lipinski definition) is 3. The summed E-state index contributed by atoms with van der Waals surface area (Å²) in [5.74, 6) is 1.00. The number of nitrogens with two attached hydrogens (primary N) is 1. The number of amides is 2. The number of nitrogens with one attached hydrogen (secondary N) is 2. The maximum absolute atomic E-state index is 11.3. The summed E-state index contributed by atoms with van der Waals surface area (Å²) < 4.78 is 0. The molecule has 2 fully saturated rings. The molecule has 4 N–H and O–H groups in total. The van der Waals surface area contributed by atoms with Crippen LogP contribution in [0.1, 0.15) is 25.0 Å². The van der Waals surface area contributed by atoms with E-state index in [-0.39, 0.29) is 17.9 Å². The average Bonchev–Trinajstić information content (AvgIpc) is 3.08. The van der Waals surface area contributed by atoms with Crippen LogP contribution in [0.5, 0.6) is 0 Å². The van der Waals surface area contributed by atoms with E-state index < -0.39 is 0 Å². The summed E-state index contributed by atoms with van der Waals surface area (Å²) in [7, 11) is 0. The number of aryl methyl sites for hydroxylation is 1. The van der Waals surface area contributed by atoms with Crippen LogP contribution in [0, 0.1) is 12.8 Å². The molecule has 1 aromatic rings. The van der Waals surface area contributed by atoms with Crippen molar-refractivity contribution in [1.29, 1.82) is 0 Å². The molecular weight excluding hydrogens is 258 g/mol. The van der Waals surface area contributed by atoms with Gasteiger partial charge in [-0.15, -0.1) is 0 Å². The van der Waals surface area contributed by atoms with Crippen LogP contribution >= 0.6 is 0 Å². The molecule has 1 atom stereocenters. The van der Waals surface area contributed by atoms with Crippen molar-refractivity contribution in [2.75, 3.05) is 18.8 Å². The lowest BCUT2D eigenvalue weighted by Crippen LogP contribution is -2.37. The zero-order valence-electron chi connectivity index (χ0n) is 11.6. The molecule has 1 aliphatic heterocycles. The number of carbonyl (C=O) groups excluding carboxylic acids is 2. The number of aromatic nitrogens is 2. The molecule has 1 saturated heterocycles. The zero-order valence-corrected chi connectivity index (χ0v) is 11.6. The van der Waals surface area contributed by atoms with Gasteiger partial charge in [0, 0.05) is 36.8 Å². The highest BCUT2D eigenvalue weighted by molar-refractivity contribution is 5.81. The van der Waals surface area contributed by atoms with Crippen LogP contribution in [0.25, 0.3) is 0 Å². The van der Waals surface area contributed by atoms with Gasteiger partial charge in [-0.2, -0.15) is 5.10 Å². The van der Waals surface area contributed by atoms with E-state index >= 15 is 0 Å². The van der Waals surface area contributed by atoms with E-state index in [1.807, 2.05) is 6.92 Å². The van der Waals surface area contributed by atoms with E-state index in [9.17, 15) is 9.59 Å². The Morgan fingerprint density at radius 1 is 1.55 bits per heavy atom. The molecule has 1 unspecified atom stereocenters. The number of anilines is 1. The van der Waals surface area contributed by atoms with Gasteiger partial charge >= 0.3 is 0 Å². The SMILES string of the molecule is Cc1cc(N)n[nH]1.O=CN1CCC(NC(=O)C2CC2)C1. The number of nitrogens with zero attached hydrogens (tertiary/aromatic N) is 2. The Hall–Kier alpha value is -2.05. The third-order valence-electron chi connectivity index (χ3n) is 3.39. The summed E-state index contributed by atoms with van der Waals surface area (Å²) in [5, 5.41) is 9.33. The first kappa shape index (κ1) is 14.4. The summed E-state index contributed by atoms with van der Waals surface area (Å²) in [6.45, 7) is 3.37. The lowest BCUT2D eigenvalue weighted by molar-refractivity contribution is -0.123. The molecule has 7 heteroatoms. The van der Waals surface area contributed by atoms with Crippen molar-refractivity contribution < 1.29 is 9.59 Å². The van der Waals surface area contributed by atoms with Gasteiger partial charge < -0.3 is 16.0 Å². The molecule has 0 radical (unpaired) electrons. The third-order valence-corrected chi connectivity index (χ3v) is 3.39. The lowest BCUT2D eigenvalue weighted by atomic mass is 10.2. The van der Waals surface area contributed by atoms with Crippen LogP contribution in [0.15, 0.2) is 6.07 Å². The first-order chi connectivity index (χ1) is 9.58. The number of aromatic amines is 1. The maximum Gasteiger partial charge on any atom is 0.223 e. The van der Waals surface area contributed by atoms with Crippen LogP contribution in [-0.2, 0) is 9.59 Å². The van der Waals surface area contributed by atoms with Crippen molar-refractivity contribution in [2.45, 2.75) is 32.2 Å². The number of hydrogen-bond acceptors (Lipinski definition) is 4. The van der Waals surface area contributed by atoms with Crippen molar-refractivity contribution in [3.05, 3.63) is 11.8 Å². The monoisotopic (exact) mass is 279 g/mol. The Labute approximate surface area is 117 Å². The Morgan fingerprint density at radius 2 is 2.30 bits per heavy atom. The largest absolute Gasteiger partial charge is 0.382 e. The summed E-state index contributed by atoms with van der Waals surface area (Å²) in [6.07, 6.45) is 3.83. The van der Waals surface area contributed by atoms with Gasteiger partial charge in [-0.3, -0.25) is 14.7 Å². The van der Waals surface area contributed by atoms with Gasteiger partial charge in [0.25, 0.3) is 0 Å². The molecule has 1 saturated carbocycles.